The van der Waals surface area contributed by atoms with Gasteiger partial charge in [0, 0.05) is 18.7 Å². The van der Waals surface area contributed by atoms with Crippen molar-refractivity contribution < 1.29 is 16.8 Å². The van der Waals surface area contributed by atoms with E-state index in [4.69, 9.17) is 4.98 Å². The third kappa shape index (κ3) is 7.09. The van der Waals surface area contributed by atoms with E-state index >= 15 is 0 Å². The number of hydrogen-bond donors (Lipinski definition) is 2. The summed E-state index contributed by atoms with van der Waals surface area (Å²) in [6.07, 6.45) is 6.61. The van der Waals surface area contributed by atoms with E-state index in [1.807, 2.05) is 79.0 Å². The molecule has 0 spiro atoms. The second kappa shape index (κ2) is 14.9. The van der Waals surface area contributed by atoms with Crippen LogP contribution in [-0.4, -0.2) is 58.5 Å². The maximum atomic E-state index is 13.5. The van der Waals surface area contributed by atoms with E-state index in [1.54, 1.807) is 14.8 Å². The van der Waals surface area contributed by atoms with Gasteiger partial charge in [-0.1, -0.05) is 121 Å². The average molecular weight is 783 g/mol. The Morgan fingerprint density at radius 2 is 0.964 bits per heavy atom. The number of nitrogens with one attached hydrogen (secondary N) is 2. The lowest BCUT2D eigenvalue weighted by atomic mass is 9.93. The van der Waals surface area contributed by atoms with Gasteiger partial charge < -0.3 is 9.97 Å². The summed E-state index contributed by atoms with van der Waals surface area (Å²) in [6.45, 7) is 0.962. The molecule has 9 rings (SSSR count). The second-order valence-corrected chi connectivity index (χ2v) is 18.5. The van der Waals surface area contributed by atoms with Crippen LogP contribution in [0.2, 0.25) is 0 Å². The molecule has 5 aromatic carbocycles. The first-order valence-electron chi connectivity index (χ1n) is 19.0. The quantitative estimate of drug-likeness (QED) is 0.135. The summed E-state index contributed by atoms with van der Waals surface area (Å²) < 4.78 is 57.1. The fourth-order valence-corrected chi connectivity index (χ4v) is 11.9. The Labute approximate surface area is 327 Å². The van der Waals surface area contributed by atoms with Gasteiger partial charge in [-0.3, -0.25) is 0 Å². The normalized spacial score (nSPS) is 18.2. The van der Waals surface area contributed by atoms with Crippen molar-refractivity contribution in [3.63, 3.8) is 0 Å². The van der Waals surface area contributed by atoms with Gasteiger partial charge in [0.25, 0.3) is 0 Å². The van der Waals surface area contributed by atoms with Crippen molar-refractivity contribution in [3.8, 4) is 33.6 Å². The van der Waals surface area contributed by atoms with Crippen LogP contribution in [0.5, 0.6) is 0 Å². The standard InChI is InChI=1S/C44H42N6O4S2/c51-55(52,29-31-11-3-1-4-12-31)49-25-9-17-41(49)43-45-27-39(47-43)34-21-19-33(20-22-34)35-23-24-38(37-16-8-7-15-36(35)37)40-28-46-44(48-40)42-18-10-26-50(42)56(53,54)30-32-13-5-2-6-14-32/h1-8,11-16,19-24,27-28,41-42H,9-10,17-18,25-26,29-30H2,(H,45,47)(H,46,48). The number of aromatic amines is 2. The van der Waals surface area contributed by atoms with Gasteiger partial charge in [-0.05, 0) is 64.3 Å². The minimum atomic E-state index is -3.53. The summed E-state index contributed by atoms with van der Waals surface area (Å²) in [4.78, 5) is 16.3. The Bertz CT molecular complexity index is 2720. The average Bonchev–Trinajstić information content (AvgIpc) is 4.05. The highest BCUT2D eigenvalue weighted by molar-refractivity contribution is 7.88. The summed E-state index contributed by atoms with van der Waals surface area (Å²) in [5.41, 5.74) is 7.32. The predicted octanol–water partition coefficient (Wildman–Crippen LogP) is 8.62. The molecule has 2 N–H and O–H groups in total. The van der Waals surface area contributed by atoms with E-state index in [2.05, 4.69) is 63.5 Å². The Balaban J connectivity index is 0.940. The van der Waals surface area contributed by atoms with E-state index in [1.165, 1.54) is 0 Å². The van der Waals surface area contributed by atoms with Gasteiger partial charge in [-0.2, -0.15) is 8.61 Å². The molecule has 2 aromatic heterocycles. The number of rotatable bonds is 11. The van der Waals surface area contributed by atoms with Crippen molar-refractivity contribution in [2.75, 3.05) is 13.1 Å². The number of hydrogen-bond acceptors (Lipinski definition) is 6. The number of fused-ring (bicyclic) bond motifs is 1. The number of sulfonamides is 2. The van der Waals surface area contributed by atoms with Gasteiger partial charge in [-0.15, -0.1) is 0 Å². The molecule has 0 amide bonds. The van der Waals surface area contributed by atoms with Crippen molar-refractivity contribution >= 4 is 30.8 Å². The van der Waals surface area contributed by atoms with Gasteiger partial charge in [0.05, 0.1) is 47.4 Å². The van der Waals surface area contributed by atoms with Gasteiger partial charge >= 0.3 is 0 Å². The first-order valence-corrected chi connectivity index (χ1v) is 22.2. The summed E-state index contributed by atoms with van der Waals surface area (Å²) in [7, 11) is -7.05. The van der Waals surface area contributed by atoms with E-state index in [9.17, 15) is 16.8 Å². The fraction of sp³-hybridized carbons (Fsp3) is 0.227. The lowest BCUT2D eigenvalue weighted by Crippen LogP contribution is -2.32. The smallest absolute Gasteiger partial charge is 0.218 e. The van der Waals surface area contributed by atoms with Crippen molar-refractivity contribution in [2.24, 2.45) is 0 Å². The monoisotopic (exact) mass is 782 g/mol. The summed E-state index contributed by atoms with van der Waals surface area (Å²) >= 11 is 0. The molecule has 2 atom stereocenters. The first-order chi connectivity index (χ1) is 27.2. The molecule has 0 bridgehead atoms. The Hall–Kier alpha value is -5.40. The summed E-state index contributed by atoms with van der Waals surface area (Å²) in [5.74, 6) is 1.26. The molecule has 2 saturated heterocycles. The number of nitrogens with zero attached hydrogens (tertiary/aromatic N) is 4. The lowest BCUT2D eigenvalue weighted by Gasteiger charge is -2.22. The van der Waals surface area contributed by atoms with E-state index < -0.39 is 20.0 Å². The maximum absolute atomic E-state index is 13.5. The minimum Gasteiger partial charge on any atom is -0.341 e. The largest absolute Gasteiger partial charge is 0.341 e. The highest BCUT2D eigenvalue weighted by atomic mass is 32.2. The van der Waals surface area contributed by atoms with Crippen molar-refractivity contribution in [1.29, 1.82) is 0 Å². The molecular weight excluding hydrogens is 741 g/mol. The molecule has 284 valence electrons. The van der Waals surface area contributed by atoms with Gasteiger partial charge in [0.1, 0.15) is 11.6 Å². The van der Waals surface area contributed by atoms with E-state index in [0.29, 0.717) is 31.2 Å². The minimum absolute atomic E-state index is 0.0286. The fourth-order valence-electron chi connectivity index (χ4n) is 8.34. The third-order valence-electron chi connectivity index (χ3n) is 11.0. The van der Waals surface area contributed by atoms with Crippen LogP contribution in [0.1, 0.15) is 60.5 Å². The Morgan fingerprint density at radius 1 is 0.518 bits per heavy atom. The van der Waals surface area contributed by atoms with Crippen molar-refractivity contribution in [1.82, 2.24) is 28.5 Å². The molecule has 2 aliphatic rings. The predicted molar refractivity (Wildman–Crippen MR) is 220 cm³/mol. The molecule has 4 heterocycles. The van der Waals surface area contributed by atoms with Gasteiger partial charge in [0.2, 0.25) is 20.0 Å². The Morgan fingerprint density at radius 3 is 1.52 bits per heavy atom. The SMILES string of the molecule is O=S(=O)(Cc1ccccc1)N1CCCC1c1ncc(-c2ccc(-c3ccc(-c4cnc(C5CCCN5S(=O)(=O)Cc5ccccc5)[nH]4)c4ccccc34)cc2)[nH]1. The molecule has 56 heavy (non-hydrogen) atoms. The van der Waals surface area contributed by atoms with Crippen LogP contribution < -0.4 is 0 Å². The van der Waals surface area contributed by atoms with Crippen LogP contribution >= 0.6 is 0 Å². The number of H-pyrrole nitrogens is 2. The molecule has 2 fully saturated rings. The van der Waals surface area contributed by atoms with Crippen molar-refractivity contribution in [3.05, 3.63) is 156 Å². The van der Waals surface area contributed by atoms with Crippen LogP contribution in [-0.2, 0) is 31.6 Å². The third-order valence-corrected chi connectivity index (χ3v) is 14.7. The number of aromatic nitrogens is 4. The van der Waals surface area contributed by atoms with Crippen LogP contribution in [0.3, 0.4) is 0 Å². The van der Waals surface area contributed by atoms with Gasteiger partial charge in [0.15, 0.2) is 0 Å². The lowest BCUT2D eigenvalue weighted by molar-refractivity contribution is 0.384. The van der Waals surface area contributed by atoms with Crippen molar-refractivity contribution in [2.45, 2.75) is 49.3 Å². The van der Waals surface area contributed by atoms with Crippen LogP contribution in [0.15, 0.2) is 134 Å². The van der Waals surface area contributed by atoms with E-state index in [0.717, 1.165) is 74.8 Å². The molecule has 0 aliphatic carbocycles. The number of imidazole rings is 2. The van der Waals surface area contributed by atoms with Crippen LogP contribution in [0.4, 0.5) is 0 Å². The van der Waals surface area contributed by atoms with E-state index in [-0.39, 0.29) is 23.6 Å². The zero-order valence-electron chi connectivity index (χ0n) is 30.8. The van der Waals surface area contributed by atoms with Crippen LogP contribution in [0.25, 0.3) is 44.4 Å². The first kappa shape index (κ1) is 36.3. The molecule has 2 aliphatic heterocycles. The summed E-state index contributed by atoms with van der Waals surface area (Å²) in [5, 5.41) is 2.15. The zero-order valence-corrected chi connectivity index (χ0v) is 32.4. The number of benzene rings is 5. The zero-order chi connectivity index (χ0) is 38.3. The molecular formula is C44H42N6O4S2. The topological polar surface area (TPSA) is 132 Å². The highest BCUT2D eigenvalue weighted by Crippen LogP contribution is 2.39. The Kier molecular flexibility index (Phi) is 9.66. The molecule has 0 saturated carbocycles. The summed E-state index contributed by atoms with van der Waals surface area (Å²) in [6, 6.07) is 38.8. The second-order valence-electron chi connectivity index (χ2n) is 14.7. The van der Waals surface area contributed by atoms with Crippen LogP contribution in [0, 0.1) is 0 Å². The molecule has 12 heteroatoms. The maximum Gasteiger partial charge on any atom is 0.218 e. The molecule has 2 unspecified atom stereocenters. The molecule has 0 radical (unpaired) electrons. The molecule has 7 aromatic rings. The molecule has 10 nitrogen and oxygen atoms in total. The van der Waals surface area contributed by atoms with Gasteiger partial charge in [-0.25, -0.2) is 26.8 Å². The highest BCUT2D eigenvalue weighted by Gasteiger charge is 2.38.